The molecule has 1 amide bonds. The molecule has 1 aromatic carbocycles. The number of ether oxygens (including phenoxy) is 2. The zero-order valence-corrected chi connectivity index (χ0v) is 16.7. The molecule has 0 saturated carbocycles. The molecule has 1 fully saturated rings. The predicted octanol–water partition coefficient (Wildman–Crippen LogP) is 0.357. The molecule has 0 bridgehead atoms. The smallest absolute Gasteiger partial charge is 0.251 e. The molecule has 1 aromatic rings. The number of methoxy groups -OCH3 is 2. The van der Waals surface area contributed by atoms with Gasteiger partial charge in [-0.3, -0.25) is 4.79 Å². The van der Waals surface area contributed by atoms with E-state index in [1.807, 2.05) is 0 Å². The minimum absolute atomic E-state index is 0.0653. The molecule has 1 saturated heterocycles. The van der Waals surface area contributed by atoms with Gasteiger partial charge in [0.05, 0.1) is 18.1 Å². The van der Waals surface area contributed by atoms with Gasteiger partial charge in [-0.05, 0) is 50.2 Å². The van der Waals surface area contributed by atoms with Crippen molar-refractivity contribution in [1.29, 1.82) is 0 Å². The summed E-state index contributed by atoms with van der Waals surface area (Å²) < 4.78 is 36.9. The van der Waals surface area contributed by atoms with Gasteiger partial charge in [0.15, 0.2) is 0 Å². The maximum absolute atomic E-state index is 12.5. The Bertz CT molecular complexity index is 695. The number of benzene rings is 1. The van der Waals surface area contributed by atoms with Crippen LogP contribution in [0.15, 0.2) is 29.2 Å². The average molecular weight is 400 g/mol. The van der Waals surface area contributed by atoms with Crippen LogP contribution < -0.4 is 15.4 Å². The quantitative estimate of drug-likeness (QED) is 0.491. The summed E-state index contributed by atoms with van der Waals surface area (Å²) in [6.07, 6.45) is 1.87. The molecule has 0 unspecified atom stereocenters. The second-order valence-electron chi connectivity index (χ2n) is 6.78. The van der Waals surface area contributed by atoms with E-state index < -0.39 is 10.0 Å². The first-order valence-electron chi connectivity index (χ1n) is 8.99. The highest BCUT2D eigenvalue weighted by Gasteiger charge is 2.32. The number of hydrogen-bond acceptors (Lipinski definition) is 6. The fourth-order valence-electron chi connectivity index (χ4n) is 3.15. The van der Waals surface area contributed by atoms with Crippen LogP contribution in [0.4, 0.5) is 0 Å². The molecular weight excluding hydrogens is 370 g/mol. The standard InChI is InChI=1S/C18H29N3O5S/c1-25-12-11-21-27(23,24)16-5-3-15(4-6-16)17(22)20-13-18(14-26-2)7-9-19-10-8-18/h3-6,19,21H,7-14H2,1-2H3,(H,20,22). The summed E-state index contributed by atoms with van der Waals surface area (Å²) in [6.45, 7) is 3.42. The summed E-state index contributed by atoms with van der Waals surface area (Å²) in [7, 11) is -0.432. The van der Waals surface area contributed by atoms with E-state index in [-0.39, 0.29) is 22.8 Å². The maximum atomic E-state index is 12.5. The predicted molar refractivity (Wildman–Crippen MR) is 102 cm³/mol. The van der Waals surface area contributed by atoms with Crippen LogP contribution in [0.3, 0.4) is 0 Å². The van der Waals surface area contributed by atoms with Crippen molar-refractivity contribution < 1.29 is 22.7 Å². The third-order valence-electron chi connectivity index (χ3n) is 4.76. The Balaban J connectivity index is 1.96. The molecule has 0 spiro atoms. The van der Waals surface area contributed by atoms with Crippen molar-refractivity contribution in [3.05, 3.63) is 29.8 Å². The van der Waals surface area contributed by atoms with E-state index in [4.69, 9.17) is 9.47 Å². The Morgan fingerprint density at radius 2 is 1.81 bits per heavy atom. The van der Waals surface area contributed by atoms with E-state index in [1.165, 1.54) is 31.4 Å². The van der Waals surface area contributed by atoms with Gasteiger partial charge < -0.3 is 20.1 Å². The molecule has 152 valence electrons. The molecule has 0 aromatic heterocycles. The second-order valence-corrected chi connectivity index (χ2v) is 8.55. The molecule has 0 aliphatic carbocycles. The Kier molecular flexibility index (Phi) is 8.18. The van der Waals surface area contributed by atoms with E-state index >= 15 is 0 Å². The Hall–Kier alpha value is -1.52. The van der Waals surface area contributed by atoms with Crippen LogP contribution >= 0.6 is 0 Å². The first-order valence-corrected chi connectivity index (χ1v) is 10.5. The summed E-state index contributed by atoms with van der Waals surface area (Å²) in [6, 6.07) is 5.90. The van der Waals surface area contributed by atoms with E-state index in [2.05, 4.69) is 15.4 Å². The highest BCUT2D eigenvalue weighted by molar-refractivity contribution is 7.89. The largest absolute Gasteiger partial charge is 0.384 e. The fraction of sp³-hybridized carbons (Fsp3) is 0.611. The number of sulfonamides is 1. The molecule has 0 atom stereocenters. The lowest BCUT2D eigenvalue weighted by molar-refractivity contribution is 0.0511. The van der Waals surface area contributed by atoms with Crippen LogP contribution in [0.25, 0.3) is 0 Å². The zero-order valence-electron chi connectivity index (χ0n) is 15.9. The summed E-state index contributed by atoms with van der Waals surface area (Å²) in [5, 5.41) is 6.28. The lowest BCUT2D eigenvalue weighted by Crippen LogP contribution is -2.47. The van der Waals surface area contributed by atoms with Gasteiger partial charge in [0, 0.05) is 38.3 Å². The van der Waals surface area contributed by atoms with Gasteiger partial charge in [-0.2, -0.15) is 0 Å². The molecular formula is C18H29N3O5S. The average Bonchev–Trinajstić information content (AvgIpc) is 2.67. The van der Waals surface area contributed by atoms with Crippen LogP contribution in [0.5, 0.6) is 0 Å². The van der Waals surface area contributed by atoms with Crippen molar-refractivity contribution in [1.82, 2.24) is 15.4 Å². The van der Waals surface area contributed by atoms with Crippen molar-refractivity contribution in [3.8, 4) is 0 Å². The van der Waals surface area contributed by atoms with Crippen LogP contribution in [-0.4, -0.2) is 67.9 Å². The van der Waals surface area contributed by atoms with Crippen molar-refractivity contribution in [2.24, 2.45) is 5.41 Å². The summed E-state index contributed by atoms with van der Waals surface area (Å²) in [5.41, 5.74) is 0.358. The SMILES string of the molecule is COCCNS(=O)(=O)c1ccc(C(=O)NCC2(COC)CCNCC2)cc1. The third-order valence-corrected chi connectivity index (χ3v) is 6.24. The minimum Gasteiger partial charge on any atom is -0.384 e. The van der Waals surface area contributed by atoms with E-state index in [1.54, 1.807) is 7.11 Å². The highest BCUT2D eigenvalue weighted by Crippen LogP contribution is 2.28. The molecule has 8 nitrogen and oxygen atoms in total. The summed E-state index contributed by atoms with van der Waals surface area (Å²) in [4.78, 5) is 12.6. The van der Waals surface area contributed by atoms with Gasteiger partial charge in [0.2, 0.25) is 10.0 Å². The first-order chi connectivity index (χ1) is 12.9. The minimum atomic E-state index is -3.61. The van der Waals surface area contributed by atoms with Crippen LogP contribution in [-0.2, 0) is 19.5 Å². The van der Waals surface area contributed by atoms with Crippen LogP contribution in [0, 0.1) is 5.41 Å². The topological polar surface area (TPSA) is 106 Å². The number of carbonyl (C=O) groups is 1. The number of rotatable bonds is 10. The van der Waals surface area contributed by atoms with Gasteiger partial charge in [-0.1, -0.05) is 0 Å². The third kappa shape index (κ3) is 6.25. The number of piperidine rings is 1. The molecule has 9 heteroatoms. The summed E-state index contributed by atoms with van der Waals surface area (Å²) in [5.74, 6) is -0.222. The molecule has 1 aliphatic rings. The second kappa shape index (κ2) is 10.1. The number of hydrogen-bond donors (Lipinski definition) is 3. The Labute approximate surface area is 161 Å². The number of amides is 1. The van der Waals surface area contributed by atoms with Crippen molar-refractivity contribution in [2.75, 3.05) is 53.6 Å². The zero-order chi connectivity index (χ0) is 19.8. The Morgan fingerprint density at radius 3 is 2.41 bits per heavy atom. The van der Waals surface area contributed by atoms with Crippen LogP contribution in [0.1, 0.15) is 23.2 Å². The fourth-order valence-corrected chi connectivity index (χ4v) is 4.17. The number of carbonyl (C=O) groups excluding carboxylic acids is 1. The highest BCUT2D eigenvalue weighted by atomic mass is 32.2. The monoisotopic (exact) mass is 399 g/mol. The van der Waals surface area contributed by atoms with Crippen molar-refractivity contribution in [2.45, 2.75) is 17.7 Å². The lowest BCUT2D eigenvalue weighted by Gasteiger charge is -2.37. The van der Waals surface area contributed by atoms with Crippen molar-refractivity contribution in [3.63, 3.8) is 0 Å². The van der Waals surface area contributed by atoms with E-state index in [0.29, 0.717) is 25.3 Å². The molecule has 0 radical (unpaired) electrons. The first kappa shape index (κ1) is 21.8. The van der Waals surface area contributed by atoms with Gasteiger partial charge in [0.25, 0.3) is 5.91 Å². The molecule has 1 heterocycles. The number of nitrogens with one attached hydrogen (secondary N) is 3. The molecule has 27 heavy (non-hydrogen) atoms. The van der Waals surface area contributed by atoms with E-state index in [9.17, 15) is 13.2 Å². The normalized spacial score (nSPS) is 16.8. The van der Waals surface area contributed by atoms with Gasteiger partial charge in [0.1, 0.15) is 0 Å². The van der Waals surface area contributed by atoms with Gasteiger partial charge in [-0.25, -0.2) is 13.1 Å². The van der Waals surface area contributed by atoms with E-state index in [0.717, 1.165) is 25.9 Å². The maximum Gasteiger partial charge on any atom is 0.251 e. The summed E-state index contributed by atoms with van der Waals surface area (Å²) >= 11 is 0. The lowest BCUT2D eigenvalue weighted by atomic mass is 9.79. The van der Waals surface area contributed by atoms with Crippen LogP contribution in [0.2, 0.25) is 0 Å². The Morgan fingerprint density at radius 1 is 1.15 bits per heavy atom. The van der Waals surface area contributed by atoms with Crippen molar-refractivity contribution >= 4 is 15.9 Å². The van der Waals surface area contributed by atoms with Gasteiger partial charge in [-0.15, -0.1) is 0 Å². The molecule has 2 rings (SSSR count). The molecule has 1 aliphatic heterocycles. The van der Waals surface area contributed by atoms with Gasteiger partial charge >= 0.3 is 0 Å². The molecule has 3 N–H and O–H groups in total.